The summed E-state index contributed by atoms with van der Waals surface area (Å²) in [6.45, 7) is 3.07. The van der Waals surface area contributed by atoms with Crippen molar-refractivity contribution >= 4 is 17.3 Å². The quantitative estimate of drug-likeness (QED) is 0.680. The van der Waals surface area contributed by atoms with Gasteiger partial charge in [0.2, 0.25) is 0 Å². The van der Waals surface area contributed by atoms with Crippen molar-refractivity contribution in [2.75, 3.05) is 17.2 Å². The molecule has 3 rings (SSSR count). The minimum Gasteiger partial charge on any atom is -0.492 e. The molecule has 0 aliphatic carbocycles. The summed E-state index contributed by atoms with van der Waals surface area (Å²) in [5.41, 5.74) is 2.87. The Morgan fingerprint density at radius 1 is 1.08 bits per heavy atom. The number of hydrogen-bond acceptors (Lipinski definition) is 5. The fourth-order valence-corrected chi connectivity index (χ4v) is 2.38. The summed E-state index contributed by atoms with van der Waals surface area (Å²) in [5.74, 6) is 0.356. The van der Waals surface area contributed by atoms with Crippen molar-refractivity contribution in [3.63, 3.8) is 0 Å². The van der Waals surface area contributed by atoms with Crippen LogP contribution in [0.3, 0.4) is 0 Å². The third-order valence-corrected chi connectivity index (χ3v) is 3.65. The highest BCUT2D eigenvalue weighted by atomic mass is 16.5. The maximum absolute atomic E-state index is 12.4. The van der Waals surface area contributed by atoms with E-state index in [1.165, 1.54) is 0 Å². The maximum atomic E-state index is 12.4. The average Bonchev–Trinajstić information content (AvgIpc) is 2.69. The van der Waals surface area contributed by atoms with Gasteiger partial charge >= 0.3 is 0 Å². The van der Waals surface area contributed by atoms with Crippen LogP contribution in [0.5, 0.6) is 5.75 Å². The van der Waals surface area contributed by atoms with Crippen LogP contribution in [-0.4, -0.2) is 22.5 Å². The number of rotatable bonds is 7. The van der Waals surface area contributed by atoms with E-state index in [1.54, 1.807) is 30.7 Å². The van der Waals surface area contributed by atoms with Crippen molar-refractivity contribution in [1.82, 2.24) is 9.97 Å². The van der Waals surface area contributed by atoms with E-state index < -0.39 is 0 Å². The molecule has 1 aromatic carbocycles. The van der Waals surface area contributed by atoms with Crippen molar-refractivity contribution in [3.05, 3.63) is 78.4 Å². The van der Waals surface area contributed by atoms with E-state index in [0.717, 1.165) is 11.3 Å². The zero-order chi connectivity index (χ0) is 18.2. The molecular formula is C20H20N4O2. The second-order valence-corrected chi connectivity index (χ2v) is 5.53. The Balaban J connectivity index is 1.62. The number of ether oxygens (including phenoxy) is 1. The van der Waals surface area contributed by atoms with E-state index >= 15 is 0 Å². The summed E-state index contributed by atoms with van der Waals surface area (Å²) >= 11 is 0. The number of nitrogens with zero attached hydrogens (tertiary/aromatic N) is 2. The predicted molar refractivity (Wildman–Crippen MR) is 101 cm³/mol. The molecule has 0 aliphatic heterocycles. The molecule has 2 heterocycles. The van der Waals surface area contributed by atoms with Crippen LogP contribution in [0.25, 0.3) is 0 Å². The fourth-order valence-electron chi connectivity index (χ4n) is 2.38. The predicted octanol–water partition coefficient (Wildman–Crippen LogP) is 3.74. The Morgan fingerprint density at radius 3 is 2.69 bits per heavy atom. The summed E-state index contributed by atoms with van der Waals surface area (Å²) in [7, 11) is 0. The van der Waals surface area contributed by atoms with Gasteiger partial charge in [0.1, 0.15) is 11.4 Å². The highest BCUT2D eigenvalue weighted by Gasteiger charge is 2.10. The van der Waals surface area contributed by atoms with E-state index in [9.17, 15) is 4.79 Å². The first kappa shape index (κ1) is 17.4. The summed E-state index contributed by atoms with van der Waals surface area (Å²) < 4.78 is 5.52. The Labute approximate surface area is 152 Å². The SMILES string of the molecule is CCOc1ccccc1NC(=O)c1ccc(NCc2cccnc2)cn1. The van der Waals surface area contributed by atoms with Crippen LogP contribution in [0.15, 0.2) is 67.1 Å². The molecule has 6 heteroatoms. The molecule has 0 saturated heterocycles. The Morgan fingerprint density at radius 2 is 1.96 bits per heavy atom. The number of nitrogens with one attached hydrogen (secondary N) is 2. The van der Waals surface area contributed by atoms with Gasteiger partial charge in [-0.2, -0.15) is 0 Å². The molecular weight excluding hydrogens is 328 g/mol. The molecule has 26 heavy (non-hydrogen) atoms. The average molecular weight is 348 g/mol. The minimum absolute atomic E-state index is 0.282. The number of hydrogen-bond donors (Lipinski definition) is 2. The van der Waals surface area contributed by atoms with Crippen LogP contribution < -0.4 is 15.4 Å². The van der Waals surface area contributed by atoms with Crippen LogP contribution in [0.1, 0.15) is 23.0 Å². The van der Waals surface area contributed by atoms with E-state index in [4.69, 9.17) is 4.74 Å². The van der Waals surface area contributed by atoms with Crippen molar-refractivity contribution in [2.24, 2.45) is 0 Å². The van der Waals surface area contributed by atoms with Gasteiger partial charge in [0.15, 0.2) is 0 Å². The van der Waals surface area contributed by atoms with Gasteiger partial charge in [0.05, 0.1) is 24.2 Å². The first-order valence-electron chi connectivity index (χ1n) is 8.38. The zero-order valence-corrected chi connectivity index (χ0v) is 14.5. The summed E-state index contributed by atoms with van der Waals surface area (Å²) in [4.78, 5) is 20.7. The summed E-state index contributed by atoms with van der Waals surface area (Å²) in [6.07, 6.45) is 5.18. The molecule has 0 bridgehead atoms. The second-order valence-electron chi connectivity index (χ2n) is 5.53. The lowest BCUT2D eigenvalue weighted by atomic mass is 10.2. The van der Waals surface area contributed by atoms with Crippen molar-refractivity contribution in [3.8, 4) is 5.75 Å². The molecule has 0 saturated carbocycles. The fraction of sp³-hybridized carbons (Fsp3) is 0.150. The van der Waals surface area contributed by atoms with Crippen molar-refractivity contribution < 1.29 is 9.53 Å². The molecule has 0 unspecified atom stereocenters. The Hall–Kier alpha value is -3.41. The van der Waals surface area contributed by atoms with Gasteiger partial charge in [0.25, 0.3) is 5.91 Å². The van der Waals surface area contributed by atoms with Gasteiger partial charge in [-0.1, -0.05) is 18.2 Å². The number of anilines is 2. The van der Waals surface area contributed by atoms with Crippen LogP contribution in [0, 0.1) is 0 Å². The van der Waals surface area contributed by atoms with Crippen LogP contribution in [-0.2, 0) is 6.54 Å². The van der Waals surface area contributed by atoms with E-state index in [-0.39, 0.29) is 5.91 Å². The number of pyridine rings is 2. The highest BCUT2D eigenvalue weighted by Crippen LogP contribution is 2.24. The number of amides is 1. The largest absolute Gasteiger partial charge is 0.492 e. The van der Waals surface area contributed by atoms with E-state index in [1.807, 2.05) is 43.3 Å². The van der Waals surface area contributed by atoms with Gasteiger partial charge in [0, 0.05) is 18.9 Å². The molecule has 0 spiro atoms. The van der Waals surface area contributed by atoms with E-state index in [2.05, 4.69) is 20.6 Å². The molecule has 2 aromatic heterocycles. The van der Waals surface area contributed by atoms with Gasteiger partial charge in [-0.3, -0.25) is 9.78 Å². The normalized spacial score (nSPS) is 10.2. The molecule has 2 N–H and O–H groups in total. The number of carbonyl (C=O) groups excluding carboxylic acids is 1. The number of benzene rings is 1. The molecule has 0 fully saturated rings. The summed E-state index contributed by atoms with van der Waals surface area (Å²) in [5, 5.41) is 6.08. The molecule has 3 aromatic rings. The third kappa shape index (κ3) is 4.57. The lowest BCUT2D eigenvalue weighted by molar-refractivity contribution is 0.102. The third-order valence-electron chi connectivity index (χ3n) is 3.65. The Bertz CT molecular complexity index is 851. The van der Waals surface area contributed by atoms with Gasteiger partial charge < -0.3 is 15.4 Å². The number of aromatic nitrogens is 2. The topological polar surface area (TPSA) is 76.1 Å². The smallest absolute Gasteiger partial charge is 0.274 e. The molecule has 0 aliphatic rings. The maximum Gasteiger partial charge on any atom is 0.274 e. The molecule has 6 nitrogen and oxygen atoms in total. The van der Waals surface area contributed by atoms with Gasteiger partial charge in [-0.05, 0) is 42.8 Å². The standard InChI is InChI=1S/C20H20N4O2/c1-2-26-19-8-4-3-7-17(19)24-20(25)18-10-9-16(14-23-18)22-13-15-6-5-11-21-12-15/h3-12,14,22H,2,13H2,1H3,(H,24,25). The Kier molecular flexibility index (Phi) is 5.77. The summed E-state index contributed by atoms with van der Waals surface area (Å²) in [6, 6.07) is 14.7. The van der Waals surface area contributed by atoms with Crippen LogP contribution >= 0.6 is 0 Å². The molecule has 0 radical (unpaired) electrons. The van der Waals surface area contributed by atoms with Gasteiger partial charge in [-0.15, -0.1) is 0 Å². The lowest BCUT2D eigenvalue weighted by Gasteiger charge is -2.11. The van der Waals surface area contributed by atoms with Crippen molar-refractivity contribution in [1.29, 1.82) is 0 Å². The first-order valence-corrected chi connectivity index (χ1v) is 8.38. The van der Waals surface area contributed by atoms with Gasteiger partial charge in [-0.25, -0.2) is 4.98 Å². The molecule has 0 atom stereocenters. The van der Waals surface area contributed by atoms with Crippen molar-refractivity contribution in [2.45, 2.75) is 13.5 Å². The van der Waals surface area contributed by atoms with Crippen LogP contribution in [0.2, 0.25) is 0 Å². The van der Waals surface area contributed by atoms with E-state index in [0.29, 0.717) is 30.3 Å². The zero-order valence-electron chi connectivity index (χ0n) is 14.5. The number of para-hydroxylation sites is 2. The molecule has 132 valence electrons. The first-order chi connectivity index (χ1) is 12.8. The second kappa shape index (κ2) is 8.62. The number of carbonyl (C=O) groups is 1. The molecule has 1 amide bonds. The monoisotopic (exact) mass is 348 g/mol. The highest BCUT2D eigenvalue weighted by molar-refractivity contribution is 6.03. The van der Waals surface area contributed by atoms with Crippen LogP contribution in [0.4, 0.5) is 11.4 Å². The minimum atomic E-state index is -0.282. The lowest BCUT2D eigenvalue weighted by Crippen LogP contribution is -2.14.